The van der Waals surface area contributed by atoms with Crippen molar-refractivity contribution in [2.45, 2.75) is 11.5 Å². The van der Waals surface area contributed by atoms with Gasteiger partial charge in [-0.1, -0.05) is 0 Å². The topological polar surface area (TPSA) is 34.1 Å². The van der Waals surface area contributed by atoms with E-state index < -0.39 is 12.9 Å². The van der Waals surface area contributed by atoms with Gasteiger partial charge < -0.3 is 0 Å². The number of alkyl halides is 1. The number of hydrogen-bond acceptors (Lipinski definition) is 2. The lowest BCUT2D eigenvalue weighted by Crippen LogP contribution is -2.00. The minimum atomic E-state index is -1.40. The van der Waals surface area contributed by atoms with E-state index in [0.29, 0.717) is 12.6 Å². The number of rotatable bonds is 0. The van der Waals surface area contributed by atoms with Crippen LogP contribution in [-0.4, -0.2) is 17.1 Å². The van der Waals surface area contributed by atoms with E-state index in [4.69, 9.17) is 11.6 Å². The molecule has 0 saturated carbocycles. The van der Waals surface area contributed by atoms with Crippen LogP contribution < -0.4 is 0 Å². The standard InChI is InChI=1S/C4H5ClO2P/c5-4-3(6)1-2-8(4)7/h4H,1-2H2. The molecule has 0 spiro atoms. The summed E-state index contributed by atoms with van der Waals surface area (Å²) in [5.41, 5.74) is 0. The molecule has 0 N–H and O–H groups in total. The zero-order valence-electron chi connectivity index (χ0n) is 4.13. The van der Waals surface area contributed by atoms with Crippen LogP contribution in [0.5, 0.6) is 0 Å². The SMILES string of the molecule is O=C1CC[P](=O)C1Cl. The Labute approximate surface area is 53.0 Å². The molecule has 2 atom stereocenters. The van der Waals surface area contributed by atoms with Crippen molar-refractivity contribution in [2.75, 3.05) is 6.16 Å². The summed E-state index contributed by atoms with van der Waals surface area (Å²) in [6.07, 6.45) is 0.895. The molecule has 0 aromatic carbocycles. The Kier molecular flexibility index (Phi) is 1.64. The van der Waals surface area contributed by atoms with Crippen molar-refractivity contribution in [3.63, 3.8) is 0 Å². The van der Waals surface area contributed by atoms with E-state index >= 15 is 0 Å². The second kappa shape index (κ2) is 2.12. The first-order valence-corrected chi connectivity index (χ1v) is 4.27. The third kappa shape index (κ3) is 0.910. The van der Waals surface area contributed by atoms with Crippen molar-refractivity contribution in [1.82, 2.24) is 0 Å². The van der Waals surface area contributed by atoms with Gasteiger partial charge in [0.15, 0.2) is 10.9 Å². The van der Waals surface area contributed by atoms with Gasteiger partial charge in [-0.05, 0) is 0 Å². The Morgan fingerprint density at radius 1 is 1.75 bits per heavy atom. The van der Waals surface area contributed by atoms with Gasteiger partial charge in [0.1, 0.15) is 0 Å². The van der Waals surface area contributed by atoms with Gasteiger partial charge in [0, 0.05) is 12.6 Å². The Morgan fingerprint density at radius 2 is 2.38 bits per heavy atom. The molecule has 0 aliphatic carbocycles. The fraction of sp³-hybridized carbons (Fsp3) is 0.750. The van der Waals surface area contributed by atoms with Crippen molar-refractivity contribution >= 4 is 25.2 Å². The molecule has 0 aromatic heterocycles. The van der Waals surface area contributed by atoms with E-state index in [1.807, 2.05) is 0 Å². The first-order valence-electron chi connectivity index (χ1n) is 2.32. The maximum absolute atomic E-state index is 10.6. The van der Waals surface area contributed by atoms with Crippen molar-refractivity contribution in [3.8, 4) is 0 Å². The highest BCUT2D eigenvalue weighted by atomic mass is 35.5. The summed E-state index contributed by atoms with van der Waals surface area (Å²) in [5.74, 6) is -0.0622. The third-order valence-electron chi connectivity index (χ3n) is 1.10. The lowest BCUT2D eigenvalue weighted by molar-refractivity contribution is -0.116. The minimum absolute atomic E-state index is 0.0622. The molecule has 8 heavy (non-hydrogen) atoms. The highest BCUT2D eigenvalue weighted by Gasteiger charge is 2.29. The smallest absolute Gasteiger partial charge is 0.162 e. The summed E-state index contributed by atoms with van der Waals surface area (Å²) in [4.78, 5) is 10.5. The molecule has 1 aliphatic rings. The van der Waals surface area contributed by atoms with Crippen LogP contribution in [0.1, 0.15) is 6.42 Å². The molecule has 0 bridgehead atoms. The summed E-state index contributed by atoms with van der Waals surface area (Å²) in [7, 11) is -1.40. The maximum Gasteiger partial charge on any atom is 0.162 e. The fourth-order valence-corrected chi connectivity index (χ4v) is 2.13. The Hall–Kier alpha value is 0.0600. The highest BCUT2D eigenvalue weighted by molar-refractivity contribution is 7.50. The van der Waals surface area contributed by atoms with Gasteiger partial charge in [-0.2, -0.15) is 0 Å². The maximum atomic E-state index is 10.6. The van der Waals surface area contributed by atoms with E-state index in [9.17, 15) is 9.36 Å². The molecule has 45 valence electrons. The summed E-state index contributed by atoms with van der Waals surface area (Å²) < 4.78 is 10.6. The van der Waals surface area contributed by atoms with Crippen molar-refractivity contribution < 1.29 is 9.36 Å². The number of Topliss-reactive ketones (excluding diaryl/α,β-unsaturated/α-hetero) is 1. The second-order valence-corrected chi connectivity index (χ2v) is 4.23. The van der Waals surface area contributed by atoms with E-state index in [0.717, 1.165) is 0 Å². The number of ketones is 1. The zero-order chi connectivity index (χ0) is 6.15. The molecule has 1 aliphatic heterocycles. The molecule has 1 rings (SSSR count). The van der Waals surface area contributed by atoms with Gasteiger partial charge in [0.2, 0.25) is 0 Å². The average Bonchev–Trinajstić information content (AvgIpc) is 1.98. The van der Waals surface area contributed by atoms with Crippen molar-refractivity contribution in [3.05, 3.63) is 0 Å². The summed E-state index contributed by atoms with van der Waals surface area (Å²) in [6.45, 7) is 0. The lowest BCUT2D eigenvalue weighted by atomic mass is 10.4. The molecule has 4 heteroatoms. The molecule has 0 aromatic rings. The molecule has 1 heterocycles. The van der Waals surface area contributed by atoms with E-state index in [2.05, 4.69) is 0 Å². The molecular weight excluding hydrogens is 146 g/mol. The van der Waals surface area contributed by atoms with Gasteiger partial charge in [-0.15, -0.1) is 11.6 Å². The number of hydrogen-bond donors (Lipinski definition) is 0. The molecule has 1 fully saturated rings. The van der Waals surface area contributed by atoms with E-state index in [-0.39, 0.29) is 5.78 Å². The number of carbonyl (C=O) groups excluding carboxylic acids is 1. The molecule has 2 nitrogen and oxygen atoms in total. The minimum Gasteiger partial charge on any atom is -0.297 e. The van der Waals surface area contributed by atoms with Crippen LogP contribution in [0.2, 0.25) is 0 Å². The van der Waals surface area contributed by atoms with Gasteiger partial charge in [0.05, 0.1) is 7.80 Å². The van der Waals surface area contributed by atoms with Crippen LogP contribution in [-0.2, 0) is 9.36 Å². The highest BCUT2D eigenvalue weighted by Crippen LogP contribution is 2.39. The molecular formula is C4H5ClO2P. The summed E-state index contributed by atoms with van der Waals surface area (Å²) in [5, 5.41) is -0.676. The van der Waals surface area contributed by atoms with Crippen LogP contribution in [0.15, 0.2) is 0 Å². The van der Waals surface area contributed by atoms with E-state index in [1.165, 1.54) is 0 Å². The molecule has 0 amide bonds. The molecule has 1 saturated heterocycles. The van der Waals surface area contributed by atoms with Crippen molar-refractivity contribution in [2.24, 2.45) is 0 Å². The molecule has 1 radical (unpaired) electrons. The van der Waals surface area contributed by atoms with Crippen molar-refractivity contribution in [1.29, 1.82) is 0 Å². The normalized spacial score (nSPS) is 33.9. The first-order chi connectivity index (χ1) is 3.72. The second-order valence-electron chi connectivity index (χ2n) is 1.69. The van der Waals surface area contributed by atoms with Crippen LogP contribution in [0.4, 0.5) is 0 Å². The largest absolute Gasteiger partial charge is 0.297 e. The monoisotopic (exact) mass is 151 g/mol. The van der Waals surface area contributed by atoms with E-state index in [1.54, 1.807) is 0 Å². The van der Waals surface area contributed by atoms with Gasteiger partial charge in [-0.25, -0.2) is 0 Å². The predicted octanol–water partition coefficient (Wildman–Crippen LogP) is 1.35. The van der Waals surface area contributed by atoms with Gasteiger partial charge in [0.25, 0.3) is 0 Å². The molecule has 2 unspecified atom stereocenters. The van der Waals surface area contributed by atoms with Crippen LogP contribution in [0.25, 0.3) is 0 Å². The Morgan fingerprint density at radius 3 is 2.50 bits per heavy atom. The average molecular weight is 152 g/mol. The zero-order valence-corrected chi connectivity index (χ0v) is 5.78. The van der Waals surface area contributed by atoms with Crippen LogP contribution in [0, 0.1) is 0 Å². The van der Waals surface area contributed by atoms with Gasteiger partial charge in [-0.3, -0.25) is 9.36 Å². The third-order valence-corrected chi connectivity index (χ3v) is 3.45. The number of halogens is 1. The predicted molar refractivity (Wildman–Crippen MR) is 31.7 cm³/mol. The van der Waals surface area contributed by atoms with Crippen LogP contribution in [0.3, 0.4) is 0 Å². The Bertz CT molecular complexity index is 129. The first kappa shape index (κ1) is 6.18. The van der Waals surface area contributed by atoms with Crippen LogP contribution >= 0.6 is 19.4 Å². The lowest BCUT2D eigenvalue weighted by Gasteiger charge is -1.88. The fourth-order valence-electron chi connectivity index (χ4n) is 0.613. The quantitative estimate of drug-likeness (QED) is 0.387. The van der Waals surface area contributed by atoms with Gasteiger partial charge >= 0.3 is 0 Å². The Balaban J connectivity index is 2.70. The summed E-state index contributed by atoms with van der Waals surface area (Å²) in [6, 6.07) is 0. The number of carbonyl (C=O) groups is 1. The summed E-state index contributed by atoms with van der Waals surface area (Å²) >= 11 is 5.38.